The van der Waals surface area contributed by atoms with Crippen LogP contribution in [0.4, 0.5) is 14.5 Å². The maximum absolute atomic E-state index is 14.5. The molecule has 2 heterocycles. The van der Waals surface area contributed by atoms with Crippen molar-refractivity contribution in [2.45, 2.75) is 19.0 Å². The molecule has 0 saturated carbocycles. The second-order valence-electron chi connectivity index (χ2n) is 6.55. The van der Waals surface area contributed by atoms with Crippen LogP contribution in [0, 0.1) is 17.0 Å². The van der Waals surface area contributed by atoms with Gasteiger partial charge in [-0.25, -0.2) is 21.5 Å². The van der Waals surface area contributed by atoms with Crippen molar-refractivity contribution in [3.8, 4) is 0 Å². The molecule has 0 bridgehead atoms. The minimum Gasteiger partial charge on any atom is -0.379 e. The second kappa shape index (κ2) is 6.76. The second-order valence-corrected chi connectivity index (χ2v) is 8.55. The van der Waals surface area contributed by atoms with Gasteiger partial charge in [-0.1, -0.05) is 0 Å². The fourth-order valence-electron chi connectivity index (χ4n) is 2.88. The first kappa shape index (κ1) is 19.0. The highest BCUT2D eigenvalue weighted by Gasteiger charge is 2.43. The van der Waals surface area contributed by atoms with Gasteiger partial charge in [0.1, 0.15) is 11.6 Å². The Morgan fingerprint density at radius 1 is 1.33 bits per heavy atom. The minimum absolute atomic E-state index is 0.126. The Hall–Kier alpha value is -2.75. The maximum atomic E-state index is 14.5. The maximum Gasteiger partial charge on any atom is 0.239 e. The first-order valence-corrected chi connectivity index (χ1v) is 9.69. The fraction of sp³-hybridized carbons (Fsp3) is 0.294. The largest absolute Gasteiger partial charge is 0.379 e. The lowest BCUT2D eigenvalue weighted by atomic mass is 9.93. The van der Waals surface area contributed by atoms with Crippen molar-refractivity contribution in [1.29, 1.82) is 5.41 Å². The van der Waals surface area contributed by atoms with Crippen LogP contribution in [-0.2, 0) is 22.1 Å². The van der Waals surface area contributed by atoms with Gasteiger partial charge in [0.25, 0.3) is 0 Å². The summed E-state index contributed by atoms with van der Waals surface area (Å²) in [7, 11) is -2.47. The van der Waals surface area contributed by atoms with Gasteiger partial charge in [0.2, 0.25) is 16.0 Å². The zero-order valence-corrected chi connectivity index (χ0v) is 15.6. The van der Waals surface area contributed by atoms with Crippen LogP contribution >= 0.6 is 0 Å². The van der Waals surface area contributed by atoms with Crippen LogP contribution < -0.4 is 10.6 Å². The highest BCUT2D eigenvalue weighted by atomic mass is 32.2. The number of nitrogens with zero attached hydrogens (tertiary/aromatic N) is 2. The zero-order chi connectivity index (χ0) is 19.8. The Morgan fingerprint density at radius 2 is 2.07 bits per heavy atom. The van der Waals surface area contributed by atoms with E-state index >= 15 is 0 Å². The number of rotatable bonds is 4. The molecular weight excluding hydrogens is 376 g/mol. The SMILES string of the molecule is CN1C(=N)N[C@](C)(c2cc(NCc3ccc(F)cn3)ccc2F)CS1(=O)=O. The average Bonchev–Trinajstić information content (AvgIpc) is 2.60. The topological polar surface area (TPSA) is 98.2 Å². The van der Waals surface area contributed by atoms with E-state index in [0.29, 0.717) is 11.4 Å². The van der Waals surface area contributed by atoms with Crippen molar-refractivity contribution in [1.82, 2.24) is 14.6 Å². The van der Waals surface area contributed by atoms with Crippen LogP contribution in [0.1, 0.15) is 18.2 Å². The van der Waals surface area contributed by atoms with Gasteiger partial charge >= 0.3 is 0 Å². The third kappa shape index (κ3) is 3.85. The Balaban J connectivity index is 1.86. The number of sulfonamides is 1. The van der Waals surface area contributed by atoms with E-state index in [1.165, 1.54) is 44.3 Å². The molecule has 1 aromatic heterocycles. The molecule has 3 N–H and O–H groups in total. The third-order valence-electron chi connectivity index (χ3n) is 4.42. The minimum atomic E-state index is -3.74. The number of hydrogen-bond donors (Lipinski definition) is 3. The number of pyridine rings is 1. The van der Waals surface area contributed by atoms with Crippen LogP contribution in [0.15, 0.2) is 36.5 Å². The lowest BCUT2D eigenvalue weighted by molar-refractivity contribution is 0.403. The number of aromatic nitrogens is 1. The van der Waals surface area contributed by atoms with Crippen molar-refractivity contribution in [2.24, 2.45) is 0 Å². The van der Waals surface area contributed by atoms with Crippen LogP contribution in [0.25, 0.3) is 0 Å². The molecule has 27 heavy (non-hydrogen) atoms. The lowest BCUT2D eigenvalue weighted by Gasteiger charge is -2.40. The Labute approximate surface area is 156 Å². The van der Waals surface area contributed by atoms with Gasteiger partial charge in [0.05, 0.1) is 29.7 Å². The predicted molar refractivity (Wildman–Crippen MR) is 97.7 cm³/mol. The van der Waals surface area contributed by atoms with Gasteiger partial charge in [-0.05, 0) is 37.3 Å². The summed E-state index contributed by atoms with van der Waals surface area (Å²) in [4.78, 5) is 3.94. The average molecular weight is 395 g/mol. The summed E-state index contributed by atoms with van der Waals surface area (Å²) in [5.74, 6) is -1.73. The molecular formula is C17H19F2N5O2S. The molecule has 7 nitrogen and oxygen atoms in total. The van der Waals surface area contributed by atoms with Gasteiger partial charge in [-0.3, -0.25) is 10.4 Å². The monoisotopic (exact) mass is 395 g/mol. The Kier molecular flexibility index (Phi) is 4.77. The summed E-state index contributed by atoms with van der Waals surface area (Å²) >= 11 is 0. The number of hydrogen-bond acceptors (Lipinski definition) is 5. The van der Waals surface area contributed by atoms with E-state index in [9.17, 15) is 17.2 Å². The molecule has 1 saturated heterocycles. The van der Waals surface area contributed by atoms with E-state index in [4.69, 9.17) is 5.41 Å². The molecule has 10 heteroatoms. The Bertz CT molecular complexity index is 981. The standard InChI is InChI=1S/C17H19F2N5O2S/c1-17(10-27(25,26)24(2)16(20)23-17)14-7-12(5-6-15(14)19)22-9-13-4-3-11(18)8-21-13/h3-8,22H,9-10H2,1-2H3,(H2,20,23)/t17-/m0/s1. The molecule has 0 unspecified atom stereocenters. The smallest absolute Gasteiger partial charge is 0.239 e. The highest BCUT2D eigenvalue weighted by Crippen LogP contribution is 2.31. The van der Waals surface area contributed by atoms with Crippen molar-refractivity contribution in [2.75, 3.05) is 18.1 Å². The van der Waals surface area contributed by atoms with Crippen LogP contribution in [0.5, 0.6) is 0 Å². The van der Waals surface area contributed by atoms with Crippen molar-refractivity contribution < 1.29 is 17.2 Å². The van der Waals surface area contributed by atoms with E-state index in [1.807, 2.05) is 0 Å². The molecule has 3 rings (SSSR count). The normalized spacial score (nSPS) is 21.6. The van der Waals surface area contributed by atoms with Gasteiger partial charge < -0.3 is 10.6 Å². The van der Waals surface area contributed by atoms with E-state index in [1.54, 1.807) is 0 Å². The van der Waals surface area contributed by atoms with Crippen LogP contribution in [-0.4, -0.2) is 36.5 Å². The molecule has 0 aliphatic carbocycles. The van der Waals surface area contributed by atoms with Crippen LogP contribution in [0.2, 0.25) is 0 Å². The van der Waals surface area contributed by atoms with E-state index < -0.39 is 32.9 Å². The summed E-state index contributed by atoms with van der Waals surface area (Å²) in [5.41, 5.74) is -0.0298. The van der Waals surface area contributed by atoms with E-state index in [0.717, 1.165) is 10.5 Å². The summed E-state index contributed by atoms with van der Waals surface area (Å²) < 4.78 is 52.8. The highest BCUT2D eigenvalue weighted by molar-refractivity contribution is 7.89. The van der Waals surface area contributed by atoms with Gasteiger partial charge in [-0.15, -0.1) is 0 Å². The molecule has 1 aliphatic heterocycles. The summed E-state index contributed by atoms with van der Waals surface area (Å²) in [6.45, 7) is 1.82. The van der Waals surface area contributed by atoms with E-state index in [2.05, 4.69) is 15.6 Å². The first-order valence-electron chi connectivity index (χ1n) is 8.08. The number of benzene rings is 1. The first-order chi connectivity index (χ1) is 12.6. The van der Waals surface area contributed by atoms with Crippen molar-refractivity contribution in [3.63, 3.8) is 0 Å². The quantitative estimate of drug-likeness (QED) is 0.736. The molecule has 1 aliphatic rings. The van der Waals surface area contributed by atoms with Gasteiger partial charge in [-0.2, -0.15) is 0 Å². The number of anilines is 1. The summed E-state index contributed by atoms with van der Waals surface area (Å²) in [5, 5.41) is 13.7. The Morgan fingerprint density at radius 3 is 2.70 bits per heavy atom. The molecule has 1 atom stereocenters. The molecule has 0 radical (unpaired) electrons. The third-order valence-corrected chi connectivity index (χ3v) is 6.38. The molecule has 0 spiro atoms. The lowest BCUT2D eigenvalue weighted by Crippen LogP contribution is -2.61. The molecule has 1 fully saturated rings. The van der Waals surface area contributed by atoms with Gasteiger partial charge in [0, 0.05) is 18.3 Å². The predicted octanol–water partition coefficient (Wildman–Crippen LogP) is 1.99. The van der Waals surface area contributed by atoms with Crippen molar-refractivity contribution >= 4 is 21.7 Å². The van der Waals surface area contributed by atoms with Crippen molar-refractivity contribution in [3.05, 3.63) is 59.4 Å². The molecule has 144 valence electrons. The van der Waals surface area contributed by atoms with E-state index in [-0.39, 0.29) is 18.1 Å². The van der Waals surface area contributed by atoms with Crippen LogP contribution in [0.3, 0.4) is 0 Å². The molecule has 2 aromatic rings. The number of halogens is 2. The summed E-state index contributed by atoms with van der Waals surface area (Å²) in [6, 6.07) is 7.07. The fourth-order valence-corrected chi connectivity index (χ4v) is 4.36. The molecule has 1 aromatic carbocycles. The summed E-state index contributed by atoms with van der Waals surface area (Å²) in [6.07, 6.45) is 1.10. The number of nitrogens with one attached hydrogen (secondary N) is 3. The van der Waals surface area contributed by atoms with Gasteiger partial charge in [0.15, 0.2) is 0 Å². The number of guanidine groups is 1. The zero-order valence-electron chi connectivity index (χ0n) is 14.8. The molecule has 0 amide bonds.